The van der Waals surface area contributed by atoms with Crippen LogP contribution in [0.5, 0.6) is 0 Å². The summed E-state index contributed by atoms with van der Waals surface area (Å²) in [6.07, 6.45) is 0. The molecule has 0 bridgehead atoms. The van der Waals surface area contributed by atoms with Gasteiger partial charge >= 0.3 is 0 Å². The molecule has 7 heteroatoms. The molecule has 3 aromatic rings. The molecule has 132 valence electrons. The highest BCUT2D eigenvalue weighted by molar-refractivity contribution is 7.89. The number of hydrogen-bond acceptors (Lipinski definition) is 4. The molecule has 1 N–H and O–H groups in total. The van der Waals surface area contributed by atoms with E-state index < -0.39 is 10.0 Å². The minimum absolute atomic E-state index is 0.127. The van der Waals surface area contributed by atoms with Crippen LogP contribution in [0.3, 0.4) is 0 Å². The molecule has 0 aliphatic heterocycles. The Morgan fingerprint density at radius 2 is 1.73 bits per heavy atom. The minimum Gasteiger partial charge on any atom is -0.238 e. The second kappa shape index (κ2) is 7.12. The van der Waals surface area contributed by atoms with Crippen LogP contribution in [0.15, 0.2) is 59.5 Å². The number of rotatable bonds is 5. The van der Waals surface area contributed by atoms with Gasteiger partial charge < -0.3 is 0 Å². The third kappa shape index (κ3) is 3.52. The second-order valence-corrected chi connectivity index (χ2v) is 7.62. The molecular weight excluding hydrogens is 348 g/mol. The lowest BCUT2D eigenvalue weighted by molar-refractivity contribution is 0.581. The van der Waals surface area contributed by atoms with E-state index in [4.69, 9.17) is 5.26 Å². The van der Waals surface area contributed by atoms with Gasteiger partial charge in [-0.1, -0.05) is 18.2 Å². The van der Waals surface area contributed by atoms with Crippen LogP contribution in [-0.4, -0.2) is 18.2 Å². The van der Waals surface area contributed by atoms with Gasteiger partial charge in [-0.15, -0.1) is 0 Å². The highest BCUT2D eigenvalue weighted by atomic mass is 32.2. The number of nitriles is 1. The molecule has 0 unspecified atom stereocenters. The van der Waals surface area contributed by atoms with Crippen molar-refractivity contribution in [3.8, 4) is 11.8 Å². The predicted octanol–water partition coefficient (Wildman–Crippen LogP) is 2.84. The van der Waals surface area contributed by atoms with Gasteiger partial charge in [-0.25, -0.2) is 17.8 Å². The highest BCUT2D eigenvalue weighted by Crippen LogP contribution is 2.19. The first-order chi connectivity index (χ1) is 12.4. The van der Waals surface area contributed by atoms with Crippen molar-refractivity contribution in [2.45, 2.75) is 25.3 Å². The maximum absolute atomic E-state index is 12.5. The molecule has 26 heavy (non-hydrogen) atoms. The molecule has 0 aliphatic carbocycles. The van der Waals surface area contributed by atoms with Gasteiger partial charge in [0.15, 0.2) is 0 Å². The topological polar surface area (TPSA) is 87.8 Å². The number of nitrogens with one attached hydrogen (secondary N) is 1. The zero-order valence-electron chi connectivity index (χ0n) is 14.5. The molecule has 0 fully saturated rings. The van der Waals surface area contributed by atoms with Crippen LogP contribution in [0.2, 0.25) is 0 Å². The maximum atomic E-state index is 12.5. The number of aromatic nitrogens is 2. The van der Waals surface area contributed by atoms with Gasteiger partial charge in [0.1, 0.15) is 0 Å². The second-order valence-electron chi connectivity index (χ2n) is 5.86. The third-order valence-electron chi connectivity index (χ3n) is 4.17. The number of nitrogens with zero attached hydrogens (tertiary/aromatic N) is 3. The molecule has 0 amide bonds. The summed E-state index contributed by atoms with van der Waals surface area (Å²) in [5, 5.41) is 13.3. The Kier molecular flexibility index (Phi) is 4.89. The summed E-state index contributed by atoms with van der Waals surface area (Å²) >= 11 is 0. The van der Waals surface area contributed by atoms with E-state index in [0.717, 1.165) is 22.6 Å². The number of para-hydroxylation sites is 1. The highest BCUT2D eigenvalue weighted by Gasteiger charge is 2.18. The molecule has 1 aromatic heterocycles. The van der Waals surface area contributed by atoms with Crippen molar-refractivity contribution in [3.05, 3.63) is 77.1 Å². The Labute approximate surface area is 152 Å². The average molecular weight is 366 g/mol. The van der Waals surface area contributed by atoms with E-state index in [2.05, 4.69) is 9.82 Å². The Morgan fingerprint density at radius 3 is 2.35 bits per heavy atom. The van der Waals surface area contributed by atoms with Gasteiger partial charge in [0, 0.05) is 17.8 Å². The van der Waals surface area contributed by atoms with E-state index in [0.29, 0.717) is 5.56 Å². The Morgan fingerprint density at radius 1 is 1.08 bits per heavy atom. The van der Waals surface area contributed by atoms with E-state index in [1.165, 1.54) is 24.3 Å². The fraction of sp³-hybridized carbons (Fsp3) is 0.158. The number of sulfonamides is 1. The number of benzene rings is 2. The van der Waals surface area contributed by atoms with Crippen LogP contribution in [0.4, 0.5) is 0 Å². The lowest BCUT2D eigenvalue weighted by atomic mass is 10.2. The molecule has 0 radical (unpaired) electrons. The summed E-state index contributed by atoms with van der Waals surface area (Å²) in [5.74, 6) is 0. The zero-order valence-corrected chi connectivity index (χ0v) is 15.3. The van der Waals surface area contributed by atoms with Gasteiger partial charge in [-0.3, -0.25) is 0 Å². The summed E-state index contributed by atoms with van der Waals surface area (Å²) in [6.45, 7) is 3.92. The van der Waals surface area contributed by atoms with Crippen molar-refractivity contribution >= 4 is 10.0 Å². The molecule has 0 atom stereocenters. The van der Waals surface area contributed by atoms with Crippen molar-refractivity contribution < 1.29 is 8.42 Å². The van der Waals surface area contributed by atoms with Crippen LogP contribution in [0.25, 0.3) is 5.69 Å². The Hall–Kier alpha value is -2.95. The summed E-state index contributed by atoms with van der Waals surface area (Å²) in [6, 6.07) is 17.5. The Balaban J connectivity index is 1.83. The number of hydrogen-bond donors (Lipinski definition) is 1. The summed E-state index contributed by atoms with van der Waals surface area (Å²) in [4.78, 5) is 0.127. The molecule has 0 aliphatic rings. The summed E-state index contributed by atoms with van der Waals surface area (Å²) in [7, 11) is -3.67. The van der Waals surface area contributed by atoms with Gasteiger partial charge in [-0.2, -0.15) is 10.4 Å². The fourth-order valence-corrected chi connectivity index (χ4v) is 3.71. The lowest BCUT2D eigenvalue weighted by Gasteiger charge is -2.08. The average Bonchev–Trinajstić information content (AvgIpc) is 2.95. The quantitative estimate of drug-likeness (QED) is 0.752. The first kappa shape index (κ1) is 17.9. The molecule has 0 spiro atoms. The van der Waals surface area contributed by atoms with Gasteiger partial charge in [0.25, 0.3) is 0 Å². The summed E-state index contributed by atoms with van der Waals surface area (Å²) in [5.41, 5.74) is 3.84. The van der Waals surface area contributed by atoms with E-state index in [9.17, 15) is 8.42 Å². The largest absolute Gasteiger partial charge is 0.240 e. The molecule has 1 heterocycles. The summed E-state index contributed by atoms with van der Waals surface area (Å²) < 4.78 is 29.4. The molecule has 2 aromatic carbocycles. The van der Waals surface area contributed by atoms with E-state index in [1.54, 1.807) is 4.68 Å². The van der Waals surface area contributed by atoms with E-state index in [1.807, 2.05) is 50.2 Å². The molecule has 0 saturated carbocycles. The molecule has 6 nitrogen and oxygen atoms in total. The molecular formula is C19H18N4O2S. The van der Waals surface area contributed by atoms with Crippen molar-refractivity contribution in [2.75, 3.05) is 0 Å². The molecule has 3 rings (SSSR count). The van der Waals surface area contributed by atoms with Crippen LogP contribution in [0.1, 0.15) is 22.5 Å². The standard InChI is InChI=1S/C19H18N4O2S/c1-14-19(15(2)23(22-14)17-6-4-3-5-7-17)13-21-26(24,25)18-10-8-16(12-20)9-11-18/h3-11,21H,13H2,1-2H3. The van der Waals surface area contributed by atoms with Gasteiger partial charge in [0.05, 0.1) is 27.9 Å². The third-order valence-corrected chi connectivity index (χ3v) is 5.59. The van der Waals surface area contributed by atoms with E-state index in [-0.39, 0.29) is 11.4 Å². The van der Waals surface area contributed by atoms with Crippen molar-refractivity contribution in [1.29, 1.82) is 5.26 Å². The molecule has 0 saturated heterocycles. The SMILES string of the molecule is Cc1nn(-c2ccccc2)c(C)c1CNS(=O)(=O)c1ccc(C#N)cc1. The van der Waals surface area contributed by atoms with Crippen LogP contribution < -0.4 is 4.72 Å². The zero-order chi connectivity index (χ0) is 18.7. The van der Waals surface area contributed by atoms with Crippen molar-refractivity contribution in [1.82, 2.24) is 14.5 Å². The first-order valence-electron chi connectivity index (χ1n) is 8.03. The monoisotopic (exact) mass is 366 g/mol. The van der Waals surface area contributed by atoms with Crippen LogP contribution >= 0.6 is 0 Å². The number of aryl methyl sites for hydroxylation is 1. The van der Waals surface area contributed by atoms with Crippen molar-refractivity contribution in [2.24, 2.45) is 0 Å². The van der Waals surface area contributed by atoms with Gasteiger partial charge in [-0.05, 0) is 50.2 Å². The maximum Gasteiger partial charge on any atom is 0.240 e. The van der Waals surface area contributed by atoms with Crippen LogP contribution in [-0.2, 0) is 16.6 Å². The first-order valence-corrected chi connectivity index (χ1v) is 9.51. The smallest absolute Gasteiger partial charge is 0.238 e. The normalized spacial score (nSPS) is 11.3. The van der Waals surface area contributed by atoms with Crippen molar-refractivity contribution in [3.63, 3.8) is 0 Å². The predicted molar refractivity (Wildman–Crippen MR) is 98.2 cm³/mol. The van der Waals surface area contributed by atoms with Gasteiger partial charge in [0.2, 0.25) is 10.0 Å². The minimum atomic E-state index is -3.67. The van der Waals surface area contributed by atoms with E-state index >= 15 is 0 Å². The van der Waals surface area contributed by atoms with Crippen LogP contribution in [0, 0.1) is 25.2 Å². The Bertz CT molecular complexity index is 1060. The lowest BCUT2D eigenvalue weighted by Crippen LogP contribution is -2.23. The fourth-order valence-electron chi connectivity index (χ4n) is 2.71.